The minimum absolute atomic E-state index is 0.0153. The third-order valence-electron chi connectivity index (χ3n) is 7.13. The second kappa shape index (κ2) is 9.50. The number of likely N-dealkylation sites (N-methyl/N-ethyl adjacent to an activating group) is 1. The lowest BCUT2D eigenvalue weighted by atomic mass is 9.87. The molecular weight excluding hydrogens is 428 g/mol. The van der Waals surface area contributed by atoms with Crippen molar-refractivity contribution in [1.29, 1.82) is 0 Å². The van der Waals surface area contributed by atoms with Crippen LogP contribution in [0.1, 0.15) is 36.7 Å². The Kier molecular flexibility index (Phi) is 6.28. The van der Waals surface area contributed by atoms with Crippen molar-refractivity contribution < 1.29 is 14.3 Å². The molecule has 0 aliphatic carbocycles. The molecule has 1 unspecified atom stereocenters. The molecule has 2 saturated heterocycles. The second-order valence-corrected chi connectivity index (χ2v) is 9.19. The summed E-state index contributed by atoms with van der Waals surface area (Å²) in [6, 6.07) is 20.4. The van der Waals surface area contributed by atoms with Crippen molar-refractivity contribution in [1.82, 2.24) is 15.1 Å². The number of aromatic nitrogens is 2. The van der Waals surface area contributed by atoms with E-state index in [1.807, 2.05) is 48.2 Å². The van der Waals surface area contributed by atoms with Crippen LogP contribution in [0, 0.1) is 0 Å². The van der Waals surface area contributed by atoms with Gasteiger partial charge in [-0.3, -0.25) is 9.89 Å². The molecule has 7 heteroatoms. The molecule has 178 valence electrons. The number of H-pyrrole nitrogens is 1. The predicted octanol–water partition coefficient (Wildman–Crippen LogP) is 4.38. The van der Waals surface area contributed by atoms with Crippen LogP contribution in [0.4, 0.5) is 5.69 Å². The van der Waals surface area contributed by atoms with Crippen LogP contribution in [0.15, 0.2) is 60.7 Å². The van der Waals surface area contributed by atoms with Gasteiger partial charge in [0.15, 0.2) is 0 Å². The number of nitrogens with zero attached hydrogens (tertiary/aromatic N) is 3. The van der Waals surface area contributed by atoms with Gasteiger partial charge in [-0.05, 0) is 56.5 Å². The summed E-state index contributed by atoms with van der Waals surface area (Å²) in [4.78, 5) is 17.4. The minimum atomic E-state index is -0.139. The fourth-order valence-corrected chi connectivity index (χ4v) is 5.11. The lowest BCUT2D eigenvalue weighted by Gasteiger charge is -2.38. The molecule has 1 amide bonds. The number of carbonyl (C=O) groups is 1. The Bertz CT molecular complexity index is 1120. The number of anilines is 1. The number of hydrogen-bond donors (Lipinski definition) is 1. The van der Waals surface area contributed by atoms with E-state index in [0.29, 0.717) is 37.1 Å². The summed E-state index contributed by atoms with van der Waals surface area (Å²) in [7, 11) is 2.14. The first-order valence-corrected chi connectivity index (χ1v) is 12.1. The Hall–Kier alpha value is -3.32. The van der Waals surface area contributed by atoms with Gasteiger partial charge in [-0.1, -0.05) is 30.3 Å². The molecule has 2 aliphatic rings. The topological polar surface area (TPSA) is 70.7 Å². The standard InChI is InChI=1S/C27H32N4O3/c1-3-33-25-12-8-7-11-22(25)23-17-24(29-28-23)26(32)31-15-13-27(14-16-31)18-21(19-34-27)30(2)20-9-5-4-6-10-20/h4-12,17,21H,3,13-16,18-19H2,1-2H3,(H,28,29). The highest BCUT2D eigenvalue weighted by atomic mass is 16.5. The highest BCUT2D eigenvalue weighted by Gasteiger charge is 2.44. The van der Waals surface area contributed by atoms with Crippen molar-refractivity contribution in [2.24, 2.45) is 0 Å². The molecule has 1 N–H and O–H groups in total. The van der Waals surface area contributed by atoms with Gasteiger partial charge in [0.2, 0.25) is 0 Å². The average Bonchev–Trinajstić information content (AvgIpc) is 3.53. The summed E-state index contributed by atoms with van der Waals surface area (Å²) in [6.07, 6.45) is 2.70. The molecule has 1 aromatic heterocycles. The van der Waals surface area contributed by atoms with Crippen molar-refractivity contribution in [2.45, 2.75) is 37.8 Å². The van der Waals surface area contributed by atoms with Crippen molar-refractivity contribution in [3.05, 3.63) is 66.4 Å². The number of hydrogen-bond acceptors (Lipinski definition) is 5. The van der Waals surface area contributed by atoms with Crippen LogP contribution < -0.4 is 9.64 Å². The third kappa shape index (κ3) is 4.40. The molecule has 0 radical (unpaired) electrons. The SMILES string of the molecule is CCOc1ccccc1-c1cc(C(=O)N2CCC3(CC2)CC(N(C)c2ccccc2)CO3)[nH]n1. The quantitative estimate of drug-likeness (QED) is 0.591. The van der Waals surface area contributed by atoms with Crippen molar-refractivity contribution >= 4 is 11.6 Å². The van der Waals surface area contributed by atoms with E-state index in [4.69, 9.17) is 9.47 Å². The van der Waals surface area contributed by atoms with E-state index in [1.54, 1.807) is 0 Å². The van der Waals surface area contributed by atoms with Gasteiger partial charge in [0.1, 0.15) is 11.4 Å². The van der Waals surface area contributed by atoms with Crippen molar-refractivity contribution in [3.63, 3.8) is 0 Å². The van der Waals surface area contributed by atoms with Gasteiger partial charge >= 0.3 is 0 Å². The van der Waals surface area contributed by atoms with Crippen LogP contribution in [0.3, 0.4) is 0 Å². The lowest BCUT2D eigenvalue weighted by Crippen LogP contribution is -2.47. The van der Waals surface area contributed by atoms with Crippen LogP contribution >= 0.6 is 0 Å². The number of para-hydroxylation sites is 2. The van der Waals surface area contributed by atoms with E-state index >= 15 is 0 Å². The number of likely N-dealkylation sites (tertiary alicyclic amines) is 1. The van der Waals surface area contributed by atoms with Crippen LogP contribution in [-0.2, 0) is 4.74 Å². The summed E-state index contributed by atoms with van der Waals surface area (Å²) in [5.41, 5.74) is 3.17. The van der Waals surface area contributed by atoms with Gasteiger partial charge < -0.3 is 19.3 Å². The smallest absolute Gasteiger partial charge is 0.271 e. The normalized spacial score (nSPS) is 19.4. The maximum Gasteiger partial charge on any atom is 0.271 e. The average molecular weight is 461 g/mol. The zero-order chi connectivity index (χ0) is 23.5. The Morgan fingerprint density at radius 3 is 2.68 bits per heavy atom. The first-order valence-electron chi connectivity index (χ1n) is 12.1. The van der Waals surface area contributed by atoms with E-state index in [2.05, 4.69) is 46.4 Å². The predicted molar refractivity (Wildman–Crippen MR) is 132 cm³/mol. The highest BCUT2D eigenvalue weighted by Crippen LogP contribution is 2.38. The van der Waals surface area contributed by atoms with Gasteiger partial charge in [0.25, 0.3) is 5.91 Å². The molecule has 1 atom stereocenters. The molecule has 0 bridgehead atoms. The van der Waals surface area contributed by atoms with E-state index in [9.17, 15) is 4.79 Å². The van der Waals surface area contributed by atoms with E-state index in [-0.39, 0.29) is 11.5 Å². The maximum atomic E-state index is 13.2. The molecule has 3 aromatic rings. The Labute approximate surface area is 200 Å². The summed E-state index contributed by atoms with van der Waals surface area (Å²) in [5, 5.41) is 7.33. The third-order valence-corrected chi connectivity index (χ3v) is 7.13. The summed E-state index contributed by atoms with van der Waals surface area (Å²) < 4.78 is 12.1. The molecule has 2 aromatic carbocycles. The molecule has 34 heavy (non-hydrogen) atoms. The number of amides is 1. The zero-order valence-electron chi connectivity index (χ0n) is 19.9. The number of rotatable bonds is 6. The molecule has 3 heterocycles. The number of carbonyl (C=O) groups excluding carboxylic acids is 1. The van der Waals surface area contributed by atoms with Gasteiger partial charge in [0, 0.05) is 31.4 Å². The van der Waals surface area contributed by atoms with Crippen LogP contribution in [-0.4, -0.2) is 66.0 Å². The molecule has 5 rings (SSSR count). The second-order valence-electron chi connectivity index (χ2n) is 9.19. The summed E-state index contributed by atoms with van der Waals surface area (Å²) in [5.74, 6) is 0.752. The number of nitrogens with one attached hydrogen (secondary N) is 1. The molecule has 2 fully saturated rings. The number of piperidine rings is 1. The molecule has 2 aliphatic heterocycles. The fourth-order valence-electron chi connectivity index (χ4n) is 5.11. The first-order chi connectivity index (χ1) is 16.6. The largest absolute Gasteiger partial charge is 0.493 e. The molecule has 7 nitrogen and oxygen atoms in total. The van der Waals surface area contributed by atoms with Crippen molar-refractivity contribution in [3.8, 4) is 17.0 Å². The summed E-state index contributed by atoms with van der Waals surface area (Å²) >= 11 is 0. The monoisotopic (exact) mass is 460 g/mol. The van der Waals surface area contributed by atoms with Gasteiger partial charge in [0.05, 0.1) is 30.6 Å². The molecule has 0 saturated carbocycles. The van der Waals surface area contributed by atoms with Crippen LogP contribution in [0.2, 0.25) is 0 Å². The van der Waals surface area contributed by atoms with Gasteiger partial charge in [-0.25, -0.2) is 0 Å². The van der Waals surface area contributed by atoms with Gasteiger partial charge in [-0.15, -0.1) is 0 Å². The summed E-state index contributed by atoms with van der Waals surface area (Å²) in [6.45, 7) is 4.62. The Morgan fingerprint density at radius 2 is 1.91 bits per heavy atom. The molecular formula is C27H32N4O3. The number of benzene rings is 2. The maximum absolute atomic E-state index is 13.2. The van der Waals surface area contributed by atoms with Crippen molar-refractivity contribution in [2.75, 3.05) is 38.3 Å². The van der Waals surface area contributed by atoms with Gasteiger partial charge in [-0.2, -0.15) is 5.10 Å². The van der Waals surface area contributed by atoms with E-state index in [0.717, 1.165) is 37.2 Å². The lowest BCUT2D eigenvalue weighted by molar-refractivity contribution is -0.0389. The zero-order valence-corrected chi connectivity index (χ0v) is 19.9. The Morgan fingerprint density at radius 1 is 1.18 bits per heavy atom. The minimum Gasteiger partial charge on any atom is -0.493 e. The van der Waals surface area contributed by atoms with E-state index < -0.39 is 0 Å². The molecule has 1 spiro atoms. The first kappa shape index (κ1) is 22.5. The number of ether oxygens (including phenoxy) is 2. The highest BCUT2D eigenvalue weighted by molar-refractivity contribution is 5.93. The van der Waals surface area contributed by atoms with Crippen LogP contribution in [0.5, 0.6) is 5.75 Å². The Balaban J connectivity index is 1.21. The van der Waals surface area contributed by atoms with Crippen LogP contribution in [0.25, 0.3) is 11.3 Å². The number of aromatic amines is 1. The van der Waals surface area contributed by atoms with E-state index in [1.165, 1.54) is 5.69 Å². The fraction of sp³-hybridized carbons (Fsp3) is 0.407.